The number of carbonyl (C=O) groups is 2. The van der Waals surface area contributed by atoms with Crippen molar-refractivity contribution in [2.75, 3.05) is 26.4 Å². The molecule has 0 saturated carbocycles. The average Bonchev–Trinajstić information content (AvgIpc) is 3.24. The van der Waals surface area contributed by atoms with Crippen LogP contribution in [0.15, 0.2) is 72.9 Å². The monoisotopic (exact) mass is 865 g/mol. The maximum atomic E-state index is 12.6. The SMILES string of the molecule is CC/C=C/C/C=C/C/C=C/C/C=C/C/C=C/C/C=C/CCC(=O)O[C@H](COC(=O)CCCCCCCCCCCCCCCCCCCC)COP(=O)(O)OC[C@@H](O)CO. The second kappa shape index (κ2) is 44.5. The van der Waals surface area contributed by atoms with Crippen LogP contribution in [0.5, 0.6) is 0 Å². The Labute approximate surface area is 365 Å². The van der Waals surface area contributed by atoms with E-state index in [4.69, 9.17) is 19.1 Å². The summed E-state index contributed by atoms with van der Waals surface area (Å²) in [5.41, 5.74) is 0. The van der Waals surface area contributed by atoms with E-state index >= 15 is 0 Å². The van der Waals surface area contributed by atoms with Gasteiger partial charge in [0, 0.05) is 12.8 Å². The highest BCUT2D eigenvalue weighted by Crippen LogP contribution is 2.43. The molecule has 0 aromatic carbocycles. The van der Waals surface area contributed by atoms with Crippen LogP contribution in [0.1, 0.15) is 187 Å². The molecule has 3 N–H and O–H groups in total. The molecule has 0 aliphatic carbocycles. The van der Waals surface area contributed by atoms with Gasteiger partial charge in [-0.25, -0.2) is 4.57 Å². The molecule has 0 bridgehead atoms. The molecule has 0 radical (unpaired) electrons. The van der Waals surface area contributed by atoms with E-state index in [0.29, 0.717) is 12.8 Å². The Kier molecular flexibility index (Phi) is 42.5. The van der Waals surface area contributed by atoms with Crippen LogP contribution in [0.4, 0.5) is 0 Å². The number of aliphatic hydroxyl groups is 2. The fraction of sp³-hybridized carbons (Fsp3) is 0.714. The minimum absolute atomic E-state index is 0.0574. The summed E-state index contributed by atoms with van der Waals surface area (Å²) in [7, 11) is -4.64. The van der Waals surface area contributed by atoms with Crippen LogP contribution in [0.3, 0.4) is 0 Å². The topological polar surface area (TPSA) is 149 Å². The number of allylic oxidation sites excluding steroid dienone is 12. The number of phosphoric acid groups is 1. The molecule has 0 aliphatic rings. The number of aliphatic hydroxyl groups excluding tert-OH is 2. The molecule has 0 aromatic rings. The molecule has 60 heavy (non-hydrogen) atoms. The summed E-state index contributed by atoms with van der Waals surface area (Å²) in [6, 6.07) is 0. The van der Waals surface area contributed by atoms with Crippen molar-refractivity contribution in [3.8, 4) is 0 Å². The van der Waals surface area contributed by atoms with Gasteiger partial charge in [0.2, 0.25) is 0 Å². The molecule has 0 rings (SSSR count). The van der Waals surface area contributed by atoms with Crippen LogP contribution in [-0.4, -0.2) is 65.7 Å². The standard InChI is InChI=1S/C49H85O10P/c1-3-5-7-9-11-13-15-17-19-21-23-25-27-29-31-33-35-37-39-41-49(53)59-47(45-58-60(54,55)57-43-46(51)42-50)44-56-48(52)40-38-36-34-32-30-28-26-24-22-20-18-16-14-12-10-8-6-4-2/h5,7,11,13,17,19,23,25,29,31,35,37,46-47,50-51H,3-4,6,8-10,12,14-16,18,20-22,24,26-28,30,32-34,36,38-45H2,1-2H3,(H,54,55)/b7-5+,13-11+,19-17+,25-23+,31-29+,37-35+/t46-,47+/m0/s1. The largest absolute Gasteiger partial charge is 0.472 e. The second-order valence-corrected chi connectivity index (χ2v) is 16.9. The van der Waals surface area contributed by atoms with Gasteiger partial charge >= 0.3 is 19.8 Å². The van der Waals surface area contributed by atoms with Gasteiger partial charge in [-0.1, -0.05) is 196 Å². The molecular weight excluding hydrogens is 780 g/mol. The number of rotatable bonds is 43. The summed E-state index contributed by atoms with van der Waals surface area (Å²) < 4.78 is 32.7. The second-order valence-electron chi connectivity index (χ2n) is 15.4. The van der Waals surface area contributed by atoms with E-state index in [0.717, 1.165) is 57.8 Å². The first kappa shape index (κ1) is 57.4. The van der Waals surface area contributed by atoms with Crippen molar-refractivity contribution >= 4 is 19.8 Å². The highest BCUT2D eigenvalue weighted by atomic mass is 31.2. The molecule has 0 spiro atoms. The van der Waals surface area contributed by atoms with Crippen LogP contribution >= 0.6 is 7.82 Å². The van der Waals surface area contributed by atoms with Gasteiger partial charge in [0.05, 0.1) is 19.8 Å². The number of phosphoric ester groups is 1. The van der Waals surface area contributed by atoms with E-state index < -0.39 is 51.8 Å². The van der Waals surface area contributed by atoms with Gasteiger partial charge in [-0.15, -0.1) is 0 Å². The lowest BCUT2D eigenvalue weighted by atomic mass is 10.0. The maximum Gasteiger partial charge on any atom is 0.472 e. The molecule has 0 aliphatic heterocycles. The van der Waals surface area contributed by atoms with E-state index in [1.807, 2.05) is 12.2 Å². The fourth-order valence-electron chi connectivity index (χ4n) is 6.08. The van der Waals surface area contributed by atoms with Crippen molar-refractivity contribution in [3.05, 3.63) is 72.9 Å². The Morgan fingerprint density at radius 2 is 0.917 bits per heavy atom. The van der Waals surface area contributed by atoms with E-state index in [1.54, 1.807) is 0 Å². The minimum Gasteiger partial charge on any atom is -0.462 e. The molecule has 346 valence electrons. The van der Waals surface area contributed by atoms with Gasteiger partial charge in [-0.2, -0.15) is 0 Å². The fourth-order valence-corrected chi connectivity index (χ4v) is 6.87. The van der Waals surface area contributed by atoms with Crippen LogP contribution in [0.2, 0.25) is 0 Å². The molecule has 0 fully saturated rings. The number of unbranched alkanes of at least 4 members (excludes halogenated alkanes) is 17. The van der Waals surface area contributed by atoms with E-state index in [-0.39, 0.29) is 19.4 Å². The van der Waals surface area contributed by atoms with E-state index in [1.165, 1.54) is 89.9 Å². The zero-order valence-corrected chi connectivity index (χ0v) is 38.5. The van der Waals surface area contributed by atoms with Crippen molar-refractivity contribution in [3.63, 3.8) is 0 Å². The van der Waals surface area contributed by atoms with Crippen LogP contribution in [0.25, 0.3) is 0 Å². The normalized spacial score (nSPS) is 14.4. The Morgan fingerprint density at radius 1 is 0.517 bits per heavy atom. The van der Waals surface area contributed by atoms with Gasteiger partial charge in [0.15, 0.2) is 6.10 Å². The smallest absolute Gasteiger partial charge is 0.462 e. The van der Waals surface area contributed by atoms with E-state index in [2.05, 4.69) is 79.1 Å². The summed E-state index contributed by atoms with van der Waals surface area (Å²) in [5, 5.41) is 18.4. The maximum absolute atomic E-state index is 12.6. The van der Waals surface area contributed by atoms with Gasteiger partial charge < -0.3 is 24.6 Å². The average molecular weight is 865 g/mol. The summed E-state index contributed by atoms with van der Waals surface area (Å²) in [6.45, 7) is 2.19. The number of esters is 2. The Bertz CT molecular complexity index is 1220. The van der Waals surface area contributed by atoms with Crippen LogP contribution in [0, 0.1) is 0 Å². The van der Waals surface area contributed by atoms with Crippen LogP contribution in [-0.2, 0) is 32.7 Å². The highest BCUT2D eigenvalue weighted by Gasteiger charge is 2.27. The van der Waals surface area contributed by atoms with Crippen molar-refractivity contribution in [1.82, 2.24) is 0 Å². The third kappa shape index (κ3) is 43.5. The lowest BCUT2D eigenvalue weighted by Gasteiger charge is -2.20. The number of hydrogen-bond acceptors (Lipinski definition) is 9. The van der Waals surface area contributed by atoms with Crippen LogP contribution < -0.4 is 0 Å². The molecule has 0 heterocycles. The number of carbonyl (C=O) groups excluding carboxylic acids is 2. The zero-order chi connectivity index (χ0) is 44.0. The van der Waals surface area contributed by atoms with Crippen molar-refractivity contribution in [2.45, 2.75) is 199 Å². The predicted molar refractivity (Wildman–Crippen MR) is 247 cm³/mol. The van der Waals surface area contributed by atoms with Gasteiger partial charge in [0.25, 0.3) is 0 Å². The molecule has 0 aromatic heterocycles. The Balaban J connectivity index is 4.36. The Hall–Kier alpha value is -2.59. The van der Waals surface area contributed by atoms with Gasteiger partial charge in [-0.05, 0) is 51.4 Å². The first-order valence-electron chi connectivity index (χ1n) is 23.4. The number of ether oxygens (including phenoxy) is 2. The molecule has 10 nitrogen and oxygen atoms in total. The quantitative estimate of drug-likeness (QED) is 0.0234. The van der Waals surface area contributed by atoms with Crippen molar-refractivity contribution in [2.24, 2.45) is 0 Å². The zero-order valence-electron chi connectivity index (χ0n) is 37.6. The third-order valence-corrected chi connectivity index (χ3v) is 10.6. The summed E-state index contributed by atoms with van der Waals surface area (Å²) >= 11 is 0. The predicted octanol–water partition coefficient (Wildman–Crippen LogP) is 12.8. The first-order chi connectivity index (χ1) is 29.2. The lowest BCUT2D eigenvalue weighted by molar-refractivity contribution is -0.161. The molecule has 0 saturated heterocycles. The summed E-state index contributed by atoms with van der Waals surface area (Å²) in [4.78, 5) is 35.0. The van der Waals surface area contributed by atoms with Gasteiger partial charge in [0.1, 0.15) is 12.7 Å². The van der Waals surface area contributed by atoms with Gasteiger partial charge in [-0.3, -0.25) is 18.6 Å². The molecule has 1 unspecified atom stereocenters. The third-order valence-electron chi connectivity index (χ3n) is 9.64. The first-order valence-corrected chi connectivity index (χ1v) is 24.9. The number of hydrogen-bond donors (Lipinski definition) is 3. The highest BCUT2D eigenvalue weighted by molar-refractivity contribution is 7.47. The minimum atomic E-state index is -4.64. The van der Waals surface area contributed by atoms with Crippen molar-refractivity contribution < 1.29 is 47.8 Å². The molecular formula is C49H85O10P. The van der Waals surface area contributed by atoms with E-state index in [9.17, 15) is 24.2 Å². The lowest BCUT2D eigenvalue weighted by Crippen LogP contribution is -2.29. The molecule has 11 heteroatoms. The summed E-state index contributed by atoms with van der Waals surface area (Å²) in [6.07, 6.45) is 51.7. The Morgan fingerprint density at radius 3 is 1.35 bits per heavy atom. The van der Waals surface area contributed by atoms with Crippen molar-refractivity contribution in [1.29, 1.82) is 0 Å². The molecule has 3 atom stereocenters. The summed E-state index contributed by atoms with van der Waals surface area (Å²) in [5.74, 6) is -1.02. The molecule has 0 amide bonds.